The fraction of sp³-hybridized carbons (Fsp3) is 0.600. The molecule has 72 valence electrons. The Kier molecular flexibility index (Phi) is 3.23. The number of ketones is 1. The highest BCUT2D eigenvalue weighted by Crippen LogP contribution is 2.05. The van der Waals surface area contributed by atoms with Gasteiger partial charge in [0.15, 0.2) is 0 Å². The summed E-state index contributed by atoms with van der Waals surface area (Å²) < 4.78 is 1.85. The Morgan fingerprint density at radius 3 is 2.77 bits per heavy atom. The summed E-state index contributed by atoms with van der Waals surface area (Å²) in [5.41, 5.74) is 2.15. The molecule has 1 rings (SSSR count). The van der Waals surface area contributed by atoms with Gasteiger partial charge < -0.3 is 0 Å². The van der Waals surface area contributed by atoms with Gasteiger partial charge in [0.2, 0.25) is 0 Å². The van der Waals surface area contributed by atoms with E-state index in [1.807, 2.05) is 31.6 Å². The van der Waals surface area contributed by atoms with Crippen LogP contribution < -0.4 is 0 Å². The van der Waals surface area contributed by atoms with Gasteiger partial charge in [-0.3, -0.25) is 9.48 Å². The lowest BCUT2D eigenvalue weighted by atomic mass is 10.1. The summed E-state index contributed by atoms with van der Waals surface area (Å²) in [5.74, 6) is 0.318. The van der Waals surface area contributed by atoms with Crippen LogP contribution in [0.1, 0.15) is 31.2 Å². The zero-order valence-corrected chi connectivity index (χ0v) is 8.50. The monoisotopic (exact) mass is 180 g/mol. The average molecular weight is 180 g/mol. The van der Waals surface area contributed by atoms with E-state index < -0.39 is 0 Å². The molecule has 13 heavy (non-hydrogen) atoms. The summed E-state index contributed by atoms with van der Waals surface area (Å²) in [6.07, 6.45) is 2.08. The molecule has 0 bridgehead atoms. The van der Waals surface area contributed by atoms with Gasteiger partial charge in [0.05, 0.1) is 5.69 Å². The number of hydrogen-bond acceptors (Lipinski definition) is 2. The largest absolute Gasteiger partial charge is 0.300 e. The lowest BCUT2D eigenvalue weighted by Gasteiger charge is -1.99. The first-order valence-electron chi connectivity index (χ1n) is 4.64. The van der Waals surface area contributed by atoms with Crippen LogP contribution in [0.25, 0.3) is 0 Å². The van der Waals surface area contributed by atoms with Crippen molar-refractivity contribution < 1.29 is 4.79 Å². The van der Waals surface area contributed by atoms with Gasteiger partial charge in [-0.2, -0.15) is 5.10 Å². The Bertz CT molecular complexity index is 302. The first-order valence-corrected chi connectivity index (χ1v) is 4.64. The zero-order valence-electron chi connectivity index (χ0n) is 8.50. The summed E-state index contributed by atoms with van der Waals surface area (Å²) in [6, 6.07) is 2.03. The number of nitrogens with zero attached hydrogens (tertiary/aromatic N) is 2. The molecule has 0 unspecified atom stereocenters. The number of carbonyl (C=O) groups excluding carboxylic acids is 1. The Balaban J connectivity index is 2.54. The van der Waals surface area contributed by atoms with E-state index in [2.05, 4.69) is 5.10 Å². The van der Waals surface area contributed by atoms with E-state index >= 15 is 0 Å². The lowest BCUT2D eigenvalue weighted by Crippen LogP contribution is -2.02. The van der Waals surface area contributed by atoms with Crippen LogP contribution in [0.3, 0.4) is 0 Å². The average Bonchev–Trinajstić information content (AvgIpc) is 2.41. The van der Waals surface area contributed by atoms with E-state index in [1.54, 1.807) is 0 Å². The smallest absolute Gasteiger partial charge is 0.133 e. The lowest BCUT2D eigenvalue weighted by molar-refractivity contribution is -0.118. The van der Waals surface area contributed by atoms with Crippen LogP contribution in [0.2, 0.25) is 0 Å². The maximum absolute atomic E-state index is 11.1. The third-order valence-electron chi connectivity index (χ3n) is 2.15. The Hall–Kier alpha value is -1.12. The van der Waals surface area contributed by atoms with E-state index in [4.69, 9.17) is 0 Å². The van der Waals surface area contributed by atoms with Crippen molar-refractivity contribution >= 4 is 5.78 Å². The predicted octanol–water partition coefficient (Wildman–Crippen LogP) is 1.64. The minimum Gasteiger partial charge on any atom is -0.300 e. The highest BCUT2D eigenvalue weighted by Gasteiger charge is 2.04. The van der Waals surface area contributed by atoms with Gasteiger partial charge in [-0.15, -0.1) is 0 Å². The van der Waals surface area contributed by atoms with Crippen LogP contribution in [-0.2, 0) is 18.3 Å². The van der Waals surface area contributed by atoms with Gasteiger partial charge >= 0.3 is 0 Å². The van der Waals surface area contributed by atoms with Crippen molar-refractivity contribution in [1.82, 2.24) is 9.78 Å². The van der Waals surface area contributed by atoms with Gasteiger partial charge in [0.25, 0.3) is 0 Å². The summed E-state index contributed by atoms with van der Waals surface area (Å²) in [7, 11) is 1.92. The number of aromatic nitrogens is 2. The molecule has 0 saturated carbocycles. The quantitative estimate of drug-likeness (QED) is 0.706. The molecule has 0 fully saturated rings. The molecule has 0 N–H and O–H groups in total. The van der Waals surface area contributed by atoms with Crippen molar-refractivity contribution in [3.05, 3.63) is 17.5 Å². The third-order valence-corrected chi connectivity index (χ3v) is 2.15. The zero-order chi connectivity index (χ0) is 9.84. The van der Waals surface area contributed by atoms with Crippen LogP contribution in [-0.4, -0.2) is 15.6 Å². The van der Waals surface area contributed by atoms with Gasteiger partial charge in [0, 0.05) is 25.6 Å². The fourth-order valence-corrected chi connectivity index (χ4v) is 1.34. The van der Waals surface area contributed by atoms with Crippen LogP contribution in [0.4, 0.5) is 0 Å². The minimum absolute atomic E-state index is 0.318. The molecule has 1 heterocycles. The minimum atomic E-state index is 0.318. The molecule has 3 nitrogen and oxygen atoms in total. The van der Waals surface area contributed by atoms with E-state index in [-0.39, 0.29) is 0 Å². The Morgan fingerprint density at radius 1 is 1.62 bits per heavy atom. The number of aryl methyl sites for hydroxylation is 3. The van der Waals surface area contributed by atoms with Gasteiger partial charge in [-0.05, 0) is 19.4 Å². The molecule has 0 aliphatic carbocycles. The van der Waals surface area contributed by atoms with Gasteiger partial charge in [0.1, 0.15) is 5.78 Å². The number of carbonyl (C=O) groups is 1. The maximum Gasteiger partial charge on any atom is 0.133 e. The van der Waals surface area contributed by atoms with Crippen molar-refractivity contribution in [1.29, 1.82) is 0 Å². The van der Waals surface area contributed by atoms with Crippen LogP contribution >= 0.6 is 0 Å². The first-order chi connectivity index (χ1) is 6.13. The molecule has 0 atom stereocenters. The van der Waals surface area contributed by atoms with Crippen LogP contribution in [0.5, 0.6) is 0 Å². The second-order valence-corrected chi connectivity index (χ2v) is 3.29. The highest BCUT2D eigenvalue weighted by atomic mass is 16.1. The molecule has 0 saturated heterocycles. The summed E-state index contributed by atoms with van der Waals surface area (Å²) >= 11 is 0. The topological polar surface area (TPSA) is 34.9 Å². The number of rotatable bonds is 4. The first kappa shape index (κ1) is 9.96. The maximum atomic E-state index is 11.1. The normalized spacial score (nSPS) is 10.4. The second-order valence-electron chi connectivity index (χ2n) is 3.29. The molecule has 1 aromatic heterocycles. The molecule has 0 aromatic carbocycles. The van der Waals surface area contributed by atoms with Gasteiger partial charge in [-0.1, -0.05) is 6.92 Å². The summed E-state index contributed by atoms with van der Waals surface area (Å²) in [4.78, 5) is 11.1. The standard InChI is InChI=1S/C10H16N2O/c1-4-10(13)6-5-9-7-8(2)11-12(9)3/h7H,4-6H2,1-3H3. The van der Waals surface area contributed by atoms with E-state index in [9.17, 15) is 4.79 Å². The van der Waals surface area contributed by atoms with Crippen molar-refractivity contribution in [3.63, 3.8) is 0 Å². The van der Waals surface area contributed by atoms with Crippen LogP contribution in [0, 0.1) is 6.92 Å². The molecule has 0 spiro atoms. The molecule has 1 aromatic rings. The third kappa shape index (κ3) is 2.68. The van der Waals surface area contributed by atoms with E-state index in [1.165, 1.54) is 0 Å². The van der Waals surface area contributed by atoms with Gasteiger partial charge in [-0.25, -0.2) is 0 Å². The number of Topliss-reactive ketones (excluding diaryl/α,β-unsaturated/α-hetero) is 1. The Labute approximate surface area is 78.8 Å². The molecular weight excluding hydrogens is 164 g/mol. The molecule has 0 radical (unpaired) electrons. The van der Waals surface area contributed by atoms with Crippen molar-refractivity contribution in [2.24, 2.45) is 7.05 Å². The predicted molar refractivity (Wildman–Crippen MR) is 51.6 cm³/mol. The van der Waals surface area contributed by atoms with E-state index in [0.717, 1.165) is 17.8 Å². The fourth-order valence-electron chi connectivity index (χ4n) is 1.34. The molecule has 3 heteroatoms. The highest BCUT2D eigenvalue weighted by molar-refractivity contribution is 5.78. The Morgan fingerprint density at radius 2 is 2.31 bits per heavy atom. The van der Waals surface area contributed by atoms with Crippen LogP contribution in [0.15, 0.2) is 6.07 Å². The molecule has 0 aliphatic rings. The SMILES string of the molecule is CCC(=O)CCc1cc(C)nn1C. The van der Waals surface area contributed by atoms with Crippen molar-refractivity contribution in [3.8, 4) is 0 Å². The number of hydrogen-bond donors (Lipinski definition) is 0. The van der Waals surface area contributed by atoms with Crippen molar-refractivity contribution in [2.45, 2.75) is 33.1 Å². The van der Waals surface area contributed by atoms with Crippen molar-refractivity contribution in [2.75, 3.05) is 0 Å². The molecule has 0 amide bonds. The molecule has 0 aliphatic heterocycles. The van der Waals surface area contributed by atoms with E-state index in [0.29, 0.717) is 18.6 Å². The summed E-state index contributed by atoms with van der Waals surface area (Å²) in [5, 5.41) is 4.22. The second kappa shape index (κ2) is 4.21. The molecular formula is C10H16N2O. The summed E-state index contributed by atoms with van der Waals surface area (Å²) in [6.45, 7) is 3.86.